The van der Waals surface area contributed by atoms with Gasteiger partial charge in [-0.05, 0) is 38.8 Å². The highest BCUT2D eigenvalue weighted by Crippen LogP contribution is 2.27. The molecule has 2 nitrogen and oxygen atoms in total. The van der Waals surface area contributed by atoms with Crippen molar-refractivity contribution in [1.82, 2.24) is 0 Å². The summed E-state index contributed by atoms with van der Waals surface area (Å²) in [5.74, 6) is 0. The van der Waals surface area contributed by atoms with Crippen molar-refractivity contribution in [3.05, 3.63) is 29.3 Å². The van der Waals surface area contributed by atoms with Gasteiger partial charge in [-0.15, -0.1) is 0 Å². The summed E-state index contributed by atoms with van der Waals surface area (Å²) in [6, 6.07) is 6.90. The van der Waals surface area contributed by atoms with Gasteiger partial charge in [-0.25, -0.2) is 0 Å². The lowest BCUT2D eigenvalue weighted by Crippen LogP contribution is -2.22. The summed E-state index contributed by atoms with van der Waals surface area (Å²) in [5.41, 5.74) is 3.75. The van der Waals surface area contributed by atoms with E-state index in [1.165, 1.54) is 23.2 Å². The molecule has 0 aromatic heterocycles. The van der Waals surface area contributed by atoms with Crippen LogP contribution < -0.4 is 5.32 Å². The predicted molar refractivity (Wildman–Crippen MR) is 78.1 cm³/mol. The molecule has 0 fully saturated rings. The molecule has 0 spiro atoms. The summed E-state index contributed by atoms with van der Waals surface area (Å²) in [4.78, 5) is 4.66. The van der Waals surface area contributed by atoms with Crippen LogP contribution in [-0.4, -0.2) is 16.5 Å². The summed E-state index contributed by atoms with van der Waals surface area (Å²) in [7, 11) is 0. The molecule has 3 heteroatoms. The normalized spacial score (nSPS) is 24.4. The fraction of sp³-hybridized carbons (Fsp3) is 0.500. The Hall–Kier alpha value is -0.960. The molecule has 0 radical (unpaired) electrons. The van der Waals surface area contributed by atoms with Crippen LogP contribution in [0.5, 0.6) is 0 Å². The summed E-state index contributed by atoms with van der Waals surface area (Å²) in [6.07, 6.45) is 1.17. The number of aliphatic imine (C=N–C) groups is 1. The molecule has 0 amide bonds. The van der Waals surface area contributed by atoms with Crippen LogP contribution in [-0.2, 0) is 0 Å². The molecule has 1 aliphatic heterocycles. The molecule has 1 aliphatic rings. The number of anilines is 1. The number of rotatable bonds is 1. The third-order valence-corrected chi connectivity index (χ3v) is 3.97. The van der Waals surface area contributed by atoms with E-state index in [4.69, 9.17) is 0 Å². The minimum Gasteiger partial charge on any atom is -0.335 e. The molecule has 2 rings (SSSR count). The Morgan fingerprint density at radius 1 is 1.29 bits per heavy atom. The van der Waals surface area contributed by atoms with Crippen molar-refractivity contribution in [2.24, 2.45) is 4.99 Å². The molecule has 1 aromatic carbocycles. The van der Waals surface area contributed by atoms with Crippen LogP contribution in [0, 0.1) is 13.8 Å². The Kier molecular flexibility index (Phi) is 3.77. The van der Waals surface area contributed by atoms with E-state index in [0.717, 1.165) is 5.17 Å². The summed E-state index contributed by atoms with van der Waals surface area (Å²) >= 11 is 1.84. The summed E-state index contributed by atoms with van der Waals surface area (Å²) in [5, 5.41) is 5.16. The maximum Gasteiger partial charge on any atom is 0.161 e. The molecule has 1 heterocycles. The van der Waals surface area contributed by atoms with Gasteiger partial charge in [-0.2, -0.15) is 0 Å². The lowest BCUT2D eigenvalue weighted by atomic mass is 10.1. The molecule has 92 valence electrons. The molecule has 1 aromatic rings. The van der Waals surface area contributed by atoms with E-state index in [1.807, 2.05) is 11.8 Å². The second-order valence-electron chi connectivity index (χ2n) is 4.89. The first kappa shape index (κ1) is 12.5. The van der Waals surface area contributed by atoms with Crippen molar-refractivity contribution in [1.29, 1.82) is 0 Å². The lowest BCUT2D eigenvalue weighted by molar-refractivity contribution is 0.661. The van der Waals surface area contributed by atoms with Gasteiger partial charge in [0.25, 0.3) is 0 Å². The monoisotopic (exact) mass is 248 g/mol. The molecule has 2 atom stereocenters. The zero-order chi connectivity index (χ0) is 12.4. The van der Waals surface area contributed by atoms with Gasteiger partial charge in [0.2, 0.25) is 0 Å². The maximum atomic E-state index is 4.66. The Morgan fingerprint density at radius 2 is 2.06 bits per heavy atom. The van der Waals surface area contributed by atoms with Crippen molar-refractivity contribution in [3.63, 3.8) is 0 Å². The number of aryl methyl sites for hydroxylation is 2. The molecular weight excluding hydrogens is 228 g/mol. The minimum atomic E-state index is 0.430. The van der Waals surface area contributed by atoms with Gasteiger partial charge >= 0.3 is 0 Å². The van der Waals surface area contributed by atoms with E-state index < -0.39 is 0 Å². The van der Waals surface area contributed by atoms with Crippen molar-refractivity contribution in [3.8, 4) is 0 Å². The van der Waals surface area contributed by atoms with Crippen LogP contribution in [0.3, 0.4) is 0 Å². The van der Waals surface area contributed by atoms with E-state index in [2.05, 4.69) is 56.2 Å². The van der Waals surface area contributed by atoms with Crippen molar-refractivity contribution >= 4 is 22.6 Å². The fourth-order valence-electron chi connectivity index (χ4n) is 2.13. The molecule has 0 saturated heterocycles. The molecular formula is C14H20N2S. The molecule has 2 unspecified atom stereocenters. The van der Waals surface area contributed by atoms with Gasteiger partial charge in [-0.1, -0.05) is 36.4 Å². The number of nitrogens with zero attached hydrogens (tertiary/aromatic N) is 1. The third-order valence-electron chi connectivity index (χ3n) is 2.95. The highest BCUT2D eigenvalue weighted by molar-refractivity contribution is 8.14. The Labute approximate surface area is 108 Å². The van der Waals surface area contributed by atoms with Gasteiger partial charge in [0, 0.05) is 10.9 Å². The Balaban J connectivity index is 2.15. The molecule has 17 heavy (non-hydrogen) atoms. The summed E-state index contributed by atoms with van der Waals surface area (Å²) in [6.45, 7) is 8.70. The largest absolute Gasteiger partial charge is 0.335 e. The minimum absolute atomic E-state index is 0.430. The van der Waals surface area contributed by atoms with Crippen LogP contribution in [0.2, 0.25) is 0 Å². The number of thioether (sulfide) groups is 1. The van der Waals surface area contributed by atoms with Crippen LogP contribution in [0.15, 0.2) is 23.2 Å². The first-order valence-corrected chi connectivity index (χ1v) is 7.01. The predicted octanol–water partition coefficient (Wildman–Crippen LogP) is 3.99. The van der Waals surface area contributed by atoms with Gasteiger partial charge in [0.05, 0.1) is 6.04 Å². The number of hydrogen-bond donors (Lipinski definition) is 1. The molecule has 0 saturated carbocycles. The second kappa shape index (κ2) is 5.13. The van der Waals surface area contributed by atoms with Crippen molar-refractivity contribution < 1.29 is 0 Å². The average Bonchev–Trinajstić information content (AvgIpc) is 2.21. The average molecular weight is 248 g/mol. The standard InChI is InChI=1S/C14H20N2S/c1-9-5-6-13(10(2)7-9)16-14-15-11(3)8-12(4)17-14/h5-7,11-12H,8H2,1-4H3,(H,15,16). The highest BCUT2D eigenvalue weighted by Gasteiger charge is 2.18. The van der Waals surface area contributed by atoms with Gasteiger partial charge < -0.3 is 5.32 Å². The number of amidine groups is 1. The quantitative estimate of drug-likeness (QED) is 0.812. The zero-order valence-corrected chi connectivity index (χ0v) is 11.8. The number of hydrogen-bond acceptors (Lipinski definition) is 3. The first-order valence-electron chi connectivity index (χ1n) is 6.13. The lowest BCUT2D eigenvalue weighted by Gasteiger charge is -2.23. The molecule has 1 N–H and O–H groups in total. The molecule has 0 bridgehead atoms. The van der Waals surface area contributed by atoms with Gasteiger partial charge in [-0.3, -0.25) is 4.99 Å². The second-order valence-corrected chi connectivity index (χ2v) is 6.32. The molecule has 0 aliphatic carbocycles. The Bertz CT molecular complexity index is 440. The van der Waals surface area contributed by atoms with Crippen LogP contribution in [0.25, 0.3) is 0 Å². The van der Waals surface area contributed by atoms with Crippen LogP contribution in [0.4, 0.5) is 5.69 Å². The zero-order valence-electron chi connectivity index (χ0n) is 10.9. The van der Waals surface area contributed by atoms with Crippen molar-refractivity contribution in [2.75, 3.05) is 5.32 Å². The SMILES string of the molecule is Cc1ccc(NC2=NC(C)CC(C)S2)c(C)c1. The smallest absolute Gasteiger partial charge is 0.161 e. The van der Waals surface area contributed by atoms with E-state index in [0.29, 0.717) is 11.3 Å². The van der Waals surface area contributed by atoms with Gasteiger partial charge in [0.15, 0.2) is 5.17 Å². The van der Waals surface area contributed by atoms with E-state index >= 15 is 0 Å². The maximum absolute atomic E-state index is 4.66. The van der Waals surface area contributed by atoms with E-state index in [9.17, 15) is 0 Å². The topological polar surface area (TPSA) is 24.4 Å². The first-order chi connectivity index (χ1) is 8.04. The van der Waals surface area contributed by atoms with E-state index in [1.54, 1.807) is 0 Å². The number of benzene rings is 1. The van der Waals surface area contributed by atoms with Crippen molar-refractivity contribution in [2.45, 2.75) is 45.4 Å². The fourth-order valence-corrected chi connectivity index (χ4v) is 3.30. The third kappa shape index (κ3) is 3.25. The number of nitrogens with one attached hydrogen (secondary N) is 1. The highest BCUT2D eigenvalue weighted by atomic mass is 32.2. The van der Waals surface area contributed by atoms with Crippen LogP contribution >= 0.6 is 11.8 Å². The van der Waals surface area contributed by atoms with E-state index in [-0.39, 0.29) is 0 Å². The Morgan fingerprint density at radius 3 is 2.71 bits per heavy atom. The van der Waals surface area contributed by atoms with Gasteiger partial charge in [0.1, 0.15) is 0 Å². The van der Waals surface area contributed by atoms with Crippen LogP contribution in [0.1, 0.15) is 31.4 Å². The summed E-state index contributed by atoms with van der Waals surface area (Å²) < 4.78 is 0.